The van der Waals surface area contributed by atoms with Crippen molar-refractivity contribution >= 4 is 60.6 Å². The van der Waals surface area contributed by atoms with Gasteiger partial charge in [-0.25, -0.2) is 0 Å². The Morgan fingerprint density at radius 1 is 0.250 bits per heavy atom. The van der Waals surface area contributed by atoms with E-state index in [2.05, 4.69) is 306 Å². The number of hydrogen-bond acceptors (Lipinski definition) is 2. The summed E-state index contributed by atoms with van der Waals surface area (Å²) < 4.78 is 0. The molecule has 0 aliphatic heterocycles. The number of hydrogen-bond donors (Lipinski definition) is 0. The first-order valence-corrected chi connectivity index (χ1v) is 32.3. The highest BCUT2D eigenvalue weighted by Gasteiger charge is 2.26. The van der Waals surface area contributed by atoms with Crippen molar-refractivity contribution in [2.24, 2.45) is 0 Å². The van der Waals surface area contributed by atoms with E-state index in [-0.39, 0.29) is 0 Å². The summed E-state index contributed by atoms with van der Waals surface area (Å²) in [6.45, 7) is 19.1. The zero-order valence-corrected chi connectivity index (χ0v) is 45.0. The molecule has 0 saturated carbocycles. The topological polar surface area (TPSA) is 6.48 Å². The van der Waals surface area contributed by atoms with Crippen LogP contribution in [0.3, 0.4) is 0 Å². The van der Waals surface area contributed by atoms with Gasteiger partial charge in [0.15, 0.2) is 0 Å². The second kappa shape index (κ2) is 20.2. The molecule has 10 aromatic rings. The quantitative estimate of drug-likeness (QED) is 0.106. The second-order valence-electron chi connectivity index (χ2n) is 21.2. The van der Waals surface area contributed by atoms with Gasteiger partial charge in [0, 0.05) is 33.9 Å². The van der Waals surface area contributed by atoms with Gasteiger partial charge in [-0.1, -0.05) is 232 Å². The average molecular weight is 965 g/mol. The van der Waals surface area contributed by atoms with Crippen molar-refractivity contribution in [1.82, 2.24) is 0 Å². The van der Waals surface area contributed by atoms with E-state index in [1.807, 2.05) is 0 Å². The molecule has 0 atom stereocenters. The molecule has 0 radical (unpaired) electrons. The van der Waals surface area contributed by atoms with Crippen LogP contribution < -0.4 is 20.2 Å². The van der Waals surface area contributed by atoms with Gasteiger partial charge in [-0.3, -0.25) is 0 Å². The van der Waals surface area contributed by atoms with Gasteiger partial charge in [-0.05, 0) is 130 Å². The summed E-state index contributed by atoms with van der Waals surface area (Å²) in [7, 11) is -3.27. The van der Waals surface area contributed by atoms with Gasteiger partial charge >= 0.3 is 0 Å². The van der Waals surface area contributed by atoms with Gasteiger partial charge in [-0.2, -0.15) is 0 Å². The molecule has 0 spiro atoms. The van der Waals surface area contributed by atoms with Crippen LogP contribution in [0.25, 0.3) is 55.6 Å². The molecular formula is C68H64N2Si2. The molecule has 72 heavy (non-hydrogen) atoms. The Morgan fingerprint density at radius 3 is 0.833 bits per heavy atom. The first kappa shape index (κ1) is 47.9. The van der Waals surface area contributed by atoms with Crippen LogP contribution >= 0.6 is 0 Å². The zero-order chi connectivity index (χ0) is 50.0. The lowest BCUT2D eigenvalue weighted by molar-refractivity contribution is 1.25. The summed E-state index contributed by atoms with van der Waals surface area (Å²) in [5, 5.41) is 2.89. The zero-order valence-electron chi connectivity index (χ0n) is 43.0. The van der Waals surface area contributed by atoms with Gasteiger partial charge in [0.1, 0.15) is 0 Å². The van der Waals surface area contributed by atoms with Crippen molar-refractivity contribution in [3.05, 3.63) is 254 Å². The lowest BCUT2D eigenvalue weighted by atomic mass is 9.96. The predicted molar refractivity (Wildman–Crippen MR) is 318 cm³/mol. The highest BCUT2D eigenvalue weighted by Crippen LogP contribution is 2.46. The van der Waals surface area contributed by atoms with E-state index in [0.29, 0.717) is 0 Å². The normalized spacial score (nSPS) is 11.6. The molecule has 2 nitrogen and oxygen atoms in total. The predicted octanol–water partition coefficient (Wildman–Crippen LogP) is 18.7. The average Bonchev–Trinajstić information content (AvgIpc) is 3.40. The monoisotopic (exact) mass is 964 g/mol. The fourth-order valence-electron chi connectivity index (χ4n) is 9.95. The third kappa shape index (κ3) is 10.1. The standard InChI is InChI=1S/C68H64N2Si2/c1-49-45-57(33-41-65(49)69(59-35-29-53(30-36-59)51-21-13-9-14-22-51)67-43-39-61(71(3,4)5)47-63(67)55-25-17-11-18-26-55)58-34-42-66(50(2)46-58)70(60-37-31-54(32-38-60)52-23-15-10-16-24-52)68-44-40-62(72(6,7)8)48-64(68)56-27-19-12-20-28-56/h9-48H,1-8H3. The molecule has 10 rings (SSSR count). The molecule has 0 fully saturated rings. The minimum atomic E-state index is -1.63. The molecule has 0 heterocycles. The third-order valence-electron chi connectivity index (χ3n) is 14.1. The first-order chi connectivity index (χ1) is 34.8. The Labute approximate surface area is 430 Å². The van der Waals surface area contributed by atoms with Crippen LogP contribution in [0.1, 0.15) is 11.1 Å². The van der Waals surface area contributed by atoms with E-state index in [0.717, 1.165) is 34.1 Å². The van der Waals surface area contributed by atoms with Gasteiger partial charge in [-0.15, -0.1) is 0 Å². The number of nitrogens with zero attached hydrogens (tertiary/aromatic N) is 2. The molecule has 10 aromatic carbocycles. The van der Waals surface area contributed by atoms with E-state index < -0.39 is 16.1 Å². The number of rotatable bonds is 13. The Bertz CT molecular complexity index is 3230. The molecule has 0 aliphatic rings. The maximum absolute atomic E-state index is 2.47. The van der Waals surface area contributed by atoms with Crippen molar-refractivity contribution in [2.45, 2.75) is 53.1 Å². The molecule has 0 aromatic heterocycles. The van der Waals surface area contributed by atoms with Crippen molar-refractivity contribution in [3.8, 4) is 55.6 Å². The summed E-state index contributed by atoms with van der Waals surface area (Å²) in [5.41, 5.74) is 21.4. The molecule has 354 valence electrons. The Balaban J connectivity index is 1.08. The second-order valence-corrected chi connectivity index (χ2v) is 31.3. The summed E-state index contributed by atoms with van der Waals surface area (Å²) in [6.07, 6.45) is 0. The Hall–Kier alpha value is -7.77. The van der Waals surface area contributed by atoms with Crippen molar-refractivity contribution < 1.29 is 0 Å². The molecule has 0 aliphatic carbocycles. The lowest BCUT2D eigenvalue weighted by Gasteiger charge is -2.31. The van der Waals surface area contributed by atoms with Crippen molar-refractivity contribution in [2.75, 3.05) is 9.80 Å². The smallest absolute Gasteiger partial charge is 0.0776 e. The van der Waals surface area contributed by atoms with Crippen LogP contribution in [-0.4, -0.2) is 16.1 Å². The molecule has 0 saturated heterocycles. The molecular weight excluding hydrogens is 901 g/mol. The fourth-order valence-corrected chi connectivity index (χ4v) is 12.3. The van der Waals surface area contributed by atoms with Gasteiger partial charge in [0.25, 0.3) is 0 Å². The minimum Gasteiger partial charge on any atom is -0.310 e. The number of aryl methyl sites for hydroxylation is 2. The minimum absolute atomic E-state index is 1.12. The number of anilines is 6. The van der Waals surface area contributed by atoms with Crippen LogP contribution in [0.15, 0.2) is 243 Å². The Kier molecular flexibility index (Phi) is 13.4. The van der Waals surface area contributed by atoms with Gasteiger partial charge in [0.2, 0.25) is 0 Å². The third-order valence-corrected chi connectivity index (χ3v) is 18.1. The molecule has 0 amide bonds. The maximum atomic E-state index is 2.47. The van der Waals surface area contributed by atoms with Crippen molar-refractivity contribution in [3.63, 3.8) is 0 Å². The molecule has 0 unspecified atom stereocenters. The highest BCUT2D eigenvalue weighted by atomic mass is 28.3. The van der Waals surface area contributed by atoms with Crippen LogP contribution in [0.2, 0.25) is 39.3 Å². The SMILES string of the molecule is Cc1cc(-c2ccc(N(c3ccc(-c4ccccc4)cc3)c3ccc([Si](C)(C)C)cc3-c3ccccc3)c(C)c2)ccc1N(c1ccc(-c2ccccc2)cc1)c1ccc([Si](C)(C)C)cc1-c1ccccc1. The summed E-state index contributed by atoms with van der Waals surface area (Å²) in [5.74, 6) is 0. The fraction of sp³-hybridized carbons (Fsp3) is 0.118. The van der Waals surface area contributed by atoms with Crippen LogP contribution in [0.4, 0.5) is 34.1 Å². The van der Waals surface area contributed by atoms with E-state index >= 15 is 0 Å². The van der Waals surface area contributed by atoms with Gasteiger partial charge in [0.05, 0.1) is 27.5 Å². The maximum Gasteiger partial charge on any atom is 0.0776 e. The first-order valence-electron chi connectivity index (χ1n) is 25.3. The van der Waals surface area contributed by atoms with Gasteiger partial charge < -0.3 is 9.80 Å². The highest BCUT2D eigenvalue weighted by molar-refractivity contribution is 6.89. The summed E-state index contributed by atoms with van der Waals surface area (Å²) in [6, 6.07) is 89.7. The largest absolute Gasteiger partial charge is 0.310 e. The van der Waals surface area contributed by atoms with Crippen LogP contribution in [0.5, 0.6) is 0 Å². The van der Waals surface area contributed by atoms with E-state index in [1.54, 1.807) is 0 Å². The number of benzene rings is 10. The summed E-state index contributed by atoms with van der Waals surface area (Å²) >= 11 is 0. The van der Waals surface area contributed by atoms with Crippen LogP contribution in [0, 0.1) is 13.8 Å². The molecule has 4 heteroatoms. The van der Waals surface area contributed by atoms with E-state index in [1.165, 1.54) is 77.1 Å². The van der Waals surface area contributed by atoms with Crippen LogP contribution in [-0.2, 0) is 0 Å². The van der Waals surface area contributed by atoms with E-state index in [4.69, 9.17) is 0 Å². The Morgan fingerprint density at radius 2 is 0.528 bits per heavy atom. The molecule has 0 bridgehead atoms. The lowest BCUT2D eigenvalue weighted by Crippen LogP contribution is -2.37. The molecule has 0 N–H and O–H groups in total. The van der Waals surface area contributed by atoms with E-state index in [9.17, 15) is 0 Å². The summed E-state index contributed by atoms with van der Waals surface area (Å²) in [4.78, 5) is 4.94. The van der Waals surface area contributed by atoms with Crippen molar-refractivity contribution in [1.29, 1.82) is 0 Å².